The highest BCUT2D eigenvalue weighted by atomic mass is 32.2. The topological polar surface area (TPSA) is 46.5 Å². The van der Waals surface area contributed by atoms with Crippen LogP contribution in [0.5, 0.6) is 5.75 Å². The van der Waals surface area contributed by atoms with Gasteiger partial charge in [0.25, 0.3) is 0 Å². The van der Waals surface area contributed by atoms with Gasteiger partial charge in [0.05, 0.1) is 0 Å². The Hall–Kier alpha value is -1.39. The lowest BCUT2D eigenvalue weighted by Gasteiger charge is -1.99. The zero-order valence-corrected chi connectivity index (χ0v) is 8.95. The van der Waals surface area contributed by atoms with Crippen LogP contribution in [0.4, 0.5) is 0 Å². The van der Waals surface area contributed by atoms with Crippen molar-refractivity contribution in [2.24, 2.45) is 0 Å². The Bertz CT molecular complexity index is 481. The molecule has 0 aromatic carbocycles. The first kappa shape index (κ1) is 10.1. The molecule has 3 nitrogen and oxygen atoms in total. The Morgan fingerprint density at radius 2 is 1.87 bits per heavy atom. The third-order valence-corrected chi connectivity index (χ3v) is 2.56. The van der Waals surface area contributed by atoms with Crippen LogP contribution < -0.4 is 4.18 Å². The molecule has 0 saturated carbocycles. The van der Waals surface area contributed by atoms with Gasteiger partial charge in [-0.2, -0.15) is 4.21 Å². The maximum atomic E-state index is 10.6. The minimum atomic E-state index is -2.28. The molecule has 4 heteroatoms. The zero-order chi connectivity index (χ0) is 10.8. The van der Waals surface area contributed by atoms with E-state index in [-0.39, 0.29) is 0 Å². The molecule has 0 radical (unpaired) electrons. The van der Waals surface area contributed by atoms with Crippen molar-refractivity contribution >= 4 is 11.4 Å². The maximum Gasteiger partial charge on any atom is 0.357 e. The molecule has 2 rings (SSSR count). The van der Waals surface area contributed by atoms with Crippen LogP contribution in [-0.2, 0) is 11.4 Å². The summed E-state index contributed by atoms with van der Waals surface area (Å²) in [5, 5.41) is 0. The van der Waals surface area contributed by atoms with Crippen LogP contribution >= 0.6 is 0 Å². The second-order valence-electron chi connectivity index (χ2n) is 3.23. The molecule has 1 unspecified atom stereocenters. The molecule has 78 valence electrons. The van der Waals surface area contributed by atoms with Crippen LogP contribution in [0.2, 0.25) is 0 Å². The molecule has 15 heavy (non-hydrogen) atoms. The summed E-state index contributed by atoms with van der Waals surface area (Å²) in [4.78, 5) is 0. The van der Waals surface area contributed by atoms with Crippen LogP contribution in [-0.4, -0.2) is 8.76 Å². The molecule has 0 aromatic heterocycles. The minimum Gasteiger partial charge on any atom is -0.379 e. The lowest BCUT2D eigenvalue weighted by molar-refractivity contribution is 0.459. The van der Waals surface area contributed by atoms with E-state index >= 15 is 0 Å². The molecule has 0 amide bonds. The average Bonchev–Trinajstić information content (AvgIpc) is 2.40. The normalized spacial score (nSPS) is 12.7. The number of hydrogen-bond acceptors (Lipinski definition) is 2. The van der Waals surface area contributed by atoms with Gasteiger partial charge in [0.15, 0.2) is 5.75 Å². The summed E-state index contributed by atoms with van der Waals surface area (Å²) in [5.74, 6) is 0.444. The van der Waals surface area contributed by atoms with E-state index < -0.39 is 11.4 Å². The number of fused-ring (bicyclic) bond motifs is 1. The Kier molecular flexibility index (Phi) is 2.70. The minimum absolute atomic E-state index is 0.444. The molecule has 0 bridgehead atoms. The van der Waals surface area contributed by atoms with Crippen LogP contribution in [0.25, 0.3) is 11.1 Å². The highest BCUT2D eigenvalue weighted by molar-refractivity contribution is 7.74. The van der Waals surface area contributed by atoms with Crippen molar-refractivity contribution in [3.8, 4) is 16.9 Å². The van der Waals surface area contributed by atoms with Gasteiger partial charge in [0.1, 0.15) is 0 Å². The highest BCUT2D eigenvalue weighted by Crippen LogP contribution is 2.37. The van der Waals surface area contributed by atoms with E-state index in [1.54, 1.807) is 6.07 Å². The lowest BCUT2D eigenvalue weighted by atomic mass is 10.1. The smallest absolute Gasteiger partial charge is 0.357 e. The molecule has 0 aromatic rings. The SMILES string of the molecule is Cc1cc(OS(=O)O)c2cccccc1-2. The fraction of sp³-hybridized carbons (Fsp3) is 0.0909. The Labute approximate surface area is 90.5 Å². The fourth-order valence-corrected chi connectivity index (χ4v) is 1.90. The van der Waals surface area contributed by atoms with Crippen molar-refractivity contribution in [1.29, 1.82) is 0 Å². The van der Waals surface area contributed by atoms with E-state index in [9.17, 15) is 4.21 Å². The molecular weight excluding hydrogens is 212 g/mol. The molecule has 2 aliphatic rings. The quantitative estimate of drug-likeness (QED) is 0.794. The van der Waals surface area contributed by atoms with Gasteiger partial charge in [-0.25, -0.2) is 0 Å². The first-order chi connectivity index (χ1) is 7.18. The van der Waals surface area contributed by atoms with Crippen molar-refractivity contribution in [1.82, 2.24) is 0 Å². The Morgan fingerprint density at radius 3 is 2.53 bits per heavy atom. The van der Waals surface area contributed by atoms with Crippen molar-refractivity contribution < 1.29 is 12.9 Å². The van der Waals surface area contributed by atoms with Crippen molar-refractivity contribution in [2.45, 2.75) is 6.92 Å². The van der Waals surface area contributed by atoms with Crippen molar-refractivity contribution in [2.75, 3.05) is 0 Å². The van der Waals surface area contributed by atoms with Gasteiger partial charge in [-0.05, 0) is 24.1 Å². The second-order valence-corrected chi connectivity index (χ2v) is 3.83. The summed E-state index contributed by atoms with van der Waals surface area (Å²) in [7, 11) is 0. The second kappa shape index (κ2) is 4.00. The summed E-state index contributed by atoms with van der Waals surface area (Å²) in [5.41, 5.74) is 2.90. The molecule has 1 N–H and O–H groups in total. The van der Waals surface area contributed by atoms with E-state index in [0.717, 1.165) is 16.7 Å². The summed E-state index contributed by atoms with van der Waals surface area (Å²) >= 11 is -2.28. The summed E-state index contributed by atoms with van der Waals surface area (Å²) in [6, 6.07) is 11.3. The molecule has 0 saturated heterocycles. The first-order valence-corrected chi connectivity index (χ1v) is 5.49. The van der Waals surface area contributed by atoms with Crippen LogP contribution in [0.15, 0.2) is 36.4 Å². The summed E-state index contributed by atoms with van der Waals surface area (Å²) in [6.07, 6.45) is 0. The molecule has 0 aliphatic heterocycles. The average molecular weight is 222 g/mol. The highest BCUT2D eigenvalue weighted by Gasteiger charge is 2.14. The van der Waals surface area contributed by atoms with Gasteiger partial charge >= 0.3 is 11.4 Å². The standard InChI is InChI=1S/C11H10O3S/c1-8-7-11(14-15(12)13)10-6-4-2-3-5-9(8)10/h2-7H,1H3,(H,12,13). The largest absolute Gasteiger partial charge is 0.379 e. The van der Waals surface area contributed by atoms with Gasteiger partial charge in [-0.1, -0.05) is 30.3 Å². The van der Waals surface area contributed by atoms with Crippen molar-refractivity contribution in [3.63, 3.8) is 0 Å². The van der Waals surface area contributed by atoms with Gasteiger partial charge < -0.3 is 4.18 Å². The molecule has 0 heterocycles. The van der Waals surface area contributed by atoms with Crippen LogP contribution in [0.1, 0.15) is 5.56 Å². The molecule has 0 fully saturated rings. The van der Waals surface area contributed by atoms with E-state index in [0.29, 0.717) is 5.75 Å². The lowest BCUT2D eigenvalue weighted by Crippen LogP contribution is -1.96. The molecule has 0 spiro atoms. The summed E-state index contributed by atoms with van der Waals surface area (Å²) < 4.78 is 24.1. The van der Waals surface area contributed by atoms with Gasteiger partial charge in [0, 0.05) is 5.56 Å². The summed E-state index contributed by atoms with van der Waals surface area (Å²) in [6.45, 7) is 1.94. The monoisotopic (exact) mass is 222 g/mol. The van der Waals surface area contributed by atoms with E-state index in [2.05, 4.69) is 0 Å². The molecule has 1 atom stereocenters. The molecule has 2 aliphatic carbocycles. The van der Waals surface area contributed by atoms with Crippen LogP contribution in [0.3, 0.4) is 0 Å². The third-order valence-electron chi connectivity index (χ3n) is 2.24. The number of aryl methyl sites for hydroxylation is 1. The van der Waals surface area contributed by atoms with E-state index in [4.69, 9.17) is 8.74 Å². The van der Waals surface area contributed by atoms with E-state index in [1.165, 1.54) is 0 Å². The van der Waals surface area contributed by atoms with E-state index in [1.807, 2.05) is 37.3 Å². The number of hydrogen-bond donors (Lipinski definition) is 1. The maximum absolute atomic E-state index is 10.6. The zero-order valence-electron chi connectivity index (χ0n) is 8.14. The predicted molar refractivity (Wildman–Crippen MR) is 59.2 cm³/mol. The van der Waals surface area contributed by atoms with Crippen molar-refractivity contribution in [3.05, 3.63) is 42.0 Å². The van der Waals surface area contributed by atoms with Crippen LogP contribution in [0, 0.1) is 6.92 Å². The molecular formula is C11H10O3S. The first-order valence-electron chi connectivity index (χ1n) is 4.46. The van der Waals surface area contributed by atoms with Gasteiger partial charge in [-0.15, -0.1) is 0 Å². The number of rotatable bonds is 2. The fourth-order valence-electron chi connectivity index (χ4n) is 1.60. The Balaban J connectivity index is 2.56. The third kappa shape index (κ3) is 2.00. The predicted octanol–water partition coefficient (Wildman–Crippen LogP) is 2.62. The van der Waals surface area contributed by atoms with Gasteiger partial charge in [0.2, 0.25) is 0 Å². The van der Waals surface area contributed by atoms with Gasteiger partial charge in [-0.3, -0.25) is 4.55 Å². The Morgan fingerprint density at radius 1 is 1.20 bits per heavy atom.